The van der Waals surface area contributed by atoms with E-state index in [2.05, 4.69) is 5.32 Å². The second-order valence-corrected chi connectivity index (χ2v) is 6.18. The number of piperidine rings is 1. The fourth-order valence-corrected chi connectivity index (χ4v) is 3.36. The number of rotatable bonds is 2. The summed E-state index contributed by atoms with van der Waals surface area (Å²) in [6, 6.07) is 4.07. The molecule has 2 fully saturated rings. The monoisotopic (exact) mass is 325 g/mol. The van der Waals surface area contributed by atoms with Gasteiger partial charge in [-0.05, 0) is 24.1 Å². The topological polar surface area (TPSA) is 52.7 Å². The lowest BCUT2D eigenvalue weighted by molar-refractivity contribution is -0.132. The van der Waals surface area contributed by atoms with Crippen molar-refractivity contribution in [2.45, 2.75) is 24.9 Å². The minimum Gasteiger partial charge on any atom is -0.340 e. The van der Waals surface area contributed by atoms with Gasteiger partial charge in [-0.1, -0.05) is 17.7 Å². The molecule has 2 aliphatic rings. The van der Waals surface area contributed by atoms with Crippen LogP contribution in [0.5, 0.6) is 0 Å². The van der Waals surface area contributed by atoms with E-state index in [1.54, 1.807) is 16.8 Å². The number of carbonyl (C=O) groups excluding carboxylic acids is 2. The average molecular weight is 326 g/mol. The zero-order valence-corrected chi connectivity index (χ0v) is 12.9. The number of hydrogen-bond donors (Lipinski definition) is 1. The van der Waals surface area contributed by atoms with Crippen LogP contribution in [0.25, 0.3) is 0 Å². The van der Waals surface area contributed by atoms with Gasteiger partial charge >= 0.3 is 6.03 Å². The van der Waals surface area contributed by atoms with Gasteiger partial charge in [0.1, 0.15) is 5.82 Å². The summed E-state index contributed by atoms with van der Waals surface area (Å²) in [4.78, 5) is 27.5. The molecule has 0 bridgehead atoms. The number of likely N-dealkylation sites (N-methyl/N-ethyl adjacent to an activating group) is 1. The molecule has 0 spiro atoms. The van der Waals surface area contributed by atoms with Crippen molar-refractivity contribution < 1.29 is 14.0 Å². The molecule has 2 heterocycles. The molecule has 0 aliphatic carbocycles. The van der Waals surface area contributed by atoms with Gasteiger partial charge in [-0.2, -0.15) is 0 Å². The molecule has 1 N–H and O–H groups in total. The maximum absolute atomic E-state index is 13.0. The number of likely N-dealkylation sites (tertiary alicyclic amines) is 1. The van der Waals surface area contributed by atoms with Gasteiger partial charge in [0, 0.05) is 25.2 Å². The summed E-state index contributed by atoms with van der Waals surface area (Å²) in [6.07, 6.45) is 0.892. The van der Waals surface area contributed by atoms with E-state index in [0.29, 0.717) is 18.7 Å². The SMILES string of the molecule is CN1C(=O)N[C@@H]2CN(C(=O)Cc3ccc(F)cc3Cl)CC[C@@H]21. The van der Waals surface area contributed by atoms with Gasteiger partial charge < -0.3 is 15.1 Å². The van der Waals surface area contributed by atoms with E-state index in [1.165, 1.54) is 18.2 Å². The number of urea groups is 1. The van der Waals surface area contributed by atoms with E-state index in [1.807, 2.05) is 0 Å². The maximum Gasteiger partial charge on any atom is 0.317 e. The summed E-state index contributed by atoms with van der Waals surface area (Å²) in [7, 11) is 1.77. The molecule has 5 nitrogen and oxygen atoms in total. The average Bonchev–Trinajstić information content (AvgIpc) is 2.76. The lowest BCUT2D eigenvalue weighted by Crippen LogP contribution is -2.52. The van der Waals surface area contributed by atoms with Crippen molar-refractivity contribution in [2.75, 3.05) is 20.1 Å². The molecule has 3 rings (SSSR count). The van der Waals surface area contributed by atoms with Crippen molar-refractivity contribution in [3.8, 4) is 0 Å². The molecule has 7 heteroatoms. The number of hydrogen-bond acceptors (Lipinski definition) is 2. The Morgan fingerprint density at radius 1 is 1.50 bits per heavy atom. The van der Waals surface area contributed by atoms with Crippen molar-refractivity contribution in [1.82, 2.24) is 15.1 Å². The van der Waals surface area contributed by atoms with Crippen LogP contribution in [0.15, 0.2) is 18.2 Å². The Kier molecular flexibility index (Phi) is 3.95. The van der Waals surface area contributed by atoms with Gasteiger partial charge in [-0.3, -0.25) is 4.79 Å². The molecule has 22 heavy (non-hydrogen) atoms. The molecule has 118 valence electrons. The van der Waals surface area contributed by atoms with E-state index < -0.39 is 5.82 Å². The van der Waals surface area contributed by atoms with Crippen molar-refractivity contribution >= 4 is 23.5 Å². The Morgan fingerprint density at radius 3 is 3.00 bits per heavy atom. The molecule has 0 saturated carbocycles. The highest BCUT2D eigenvalue weighted by Crippen LogP contribution is 2.23. The predicted octanol–water partition coefficient (Wildman–Crippen LogP) is 1.65. The van der Waals surface area contributed by atoms with E-state index in [9.17, 15) is 14.0 Å². The third-order valence-electron chi connectivity index (χ3n) is 4.41. The van der Waals surface area contributed by atoms with E-state index in [0.717, 1.165) is 6.42 Å². The van der Waals surface area contributed by atoms with E-state index in [-0.39, 0.29) is 35.5 Å². The highest BCUT2D eigenvalue weighted by atomic mass is 35.5. The molecule has 2 aliphatic heterocycles. The van der Waals surface area contributed by atoms with Gasteiger partial charge in [0.25, 0.3) is 0 Å². The molecule has 3 amide bonds. The number of benzene rings is 1. The first-order chi connectivity index (χ1) is 10.5. The van der Waals surface area contributed by atoms with Crippen molar-refractivity contribution in [3.05, 3.63) is 34.6 Å². The number of halogens is 2. The number of fused-ring (bicyclic) bond motifs is 1. The third-order valence-corrected chi connectivity index (χ3v) is 4.76. The van der Waals surface area contributed by atoms with Crippen LogP contribution >= 0.6 is 11.6 Å². The highest BCUT2D eigenvalue weighted by Gasteiger charge is 2.41. The Bertz CT molecular complexity index is 625. The summed E-state index contributed by atoms with van der Waals surface area (Å²) in [5, 5.41) is 3.15. The summed E-state index contributed by atoms with van der Waals surface area (Å²) >= 11 is 5.97. The second-order valence-electron chi connectivity index (χ2n) is 5.78. The number of nitrogens with one attached hydrogen (secondary N) is 1. The first-order valence-corrected chi connectivity index (χ1v) is 7.58. The molecule has 0 aromatic heterocycles. The quantitative estimate of drug-likeness (QED) is 0.899. The van der Waals surface area contributed by atoms with E-state index in [4.69, 9.17) is 11.6 Å². The largest absolute Gasteiger partial charge is 0.340 e. The fraction of sp³-hybridized carbons (Fsp3) is 0.467. The van der Waals surface area contributed by atoms with Crippen LogP contribution in [0.2, 0.25) is 5.02 Å². The number of nitrogens with zero attached hydrogens (tertiary/aromatic N) is 2. The van der Waals surface area contributed by atoms with Crippen LogP contribution in [0.4, 0.5) is 9.18 Å². The maximum atomic E-state index is 13.0. The van der Waals surface area contributed by atoms with Crippen molar-refractivity contribution in [1.29, 1.82) is 0 Å². The molecular formula is C15H17ClFN3O2. The molecule has 2 saturated heterocycles. The molecule has 1 aromatic carbocycles. The first-order valence-electron chi connectivity index (χ1n) is 7.20. The second kappa shape index (κ2) is 5.76. The van der Waals surface area contributed by atoms with Crippen LogP contribution in [0.1, 0.15) is 12.0 Å². The Morgan fingerprint density at radius 2 is 2.27 bits per heavy atom. The van der Waals surface area contributed by atoms with Crippen molar-refractivity contribution in [2.24, 2.45) is 0 Å². The standard InChI is InChI=1S/C15H17ClFN3O2/c1-19-13-4-5-20(8-12(13)18-15(19)22)14(21)6-9-2-3-10(17)7-11(9)16/h2-3,7,12-13H,4-6,8H2,1H3,(H,18,22)/t12-,13+/m1/s1. The van der Waals surface area contributed by atoms with Gasteiger partial charge in [-0.15, -0.1) is 0 Å². The number of amides is 3. The van der Waals surface area contributed by atoms with Crippen molar-refractivity contribution in [3.63, 3.8) is 0 Å². The molecule has 0 radical (unpaired) electrons. The normalized spacial score (nSPS) is 24.2. The zero-order chi connectivity index (χ0) is 15.9. The van der Waals surface area contributed by atoms with Gasteiger partial charge in [0.2, 0.25) is 5.91 Å². The molecule has 1 aromatic rings. The molecule has 2 atom stereocenters. The lowest BCUT2D eigenvalue weighted by atomic mass is 9.99. The van der Waals surface area contributed by atoms with Crippen LogP contribution in [0, 0.1) is 5.82 Å². The summed E-state index contributed by atoms with van der Waals surface area (Å²) in [6.45, 7) is 1.11. The Balaban J connectivity index is 1.65. The van der Waals surface area contributed by atoms with Crippen LogP contribution in [0.3, 0.4) is 0 Å². The fourth-order valence-electron chi connectivity index (χ4n) is 3.12. The summed E-state index contributed by atoms with van der Waals surface area (Å²) < 4.78 is 13.0. The van der Waals surface area contributed by atoms with Crippen LogP contribution < -0.4 is 5.32 Å². The minimum absolute atomic E-state index is 0.0288. The lowest BCUT2D eigenvalue weighted by Gasteiger charge is -2.35. The smallest absolute Gasteiger partial charge is 0.317 e. The Labute approximate surface area is 133 Å². The molecule has 0 unspecified atom stereocenters. The molecular weight excluding hydrogens is 309 g/mol. The van der Waals surface area contributed by atoms with Crippen LogP contribution in [-0.2, 0) is 11.2 Å². The summed E-state index contributed by atoms with van der Waals surface area (Å²) in [5.41, 5.74) is 0.614. The minimum atomic E-state index is -0.418. The third kappa shape index (κ3) is 2.75. The highest BCUT2D eigenvalue weighted by molar-refractivity contribution is 6.31. The van der Waals surface area contributed by atoms with Gasteiger partial charge in [0.05, 0.1) is 18.5 Å². The van der Waals surface area contributed by atoms with Crippen LogP contribution in [-0.4, -0.2) is 54.0 Å². The number of carbonyl (C=O) groups is 2. The predicted molar refractivity (Wildman–Crippen MR) is 80.2 cm³/mol. The van der Waals surface area contributed by atoms with Gasteiger partial charge in [-0.25, -0.2) is 9.18 Å². The Hall–Kier alpha value is -1.82. The van der Waals surface area contributed by atoms with E-state index >= 15 is 0 Å². The zero-order valence-electron chi connectivity index (χ0n) is 12.2. The summed E-state index contributed by atoms with van der Waals surface area (Å²) in [5.74, 6) is -0.477. The first kappa shape index (κ1) is 15.1. The van der Waals surface area contributed by atoms with Gasteiger partial charge in [0.15, 0.2) is 0 Å².